The fourth-order valence-electron chi connectivity index (χ4n) is 4.46. The van der Waals surface area contributed by atoms with Crippen LogP contribution in [-0.4, -0.2) is 0 Å². The third kappa shape index (κ3) is 3.21. The van der Waals surface area contributed by atoms with Crippen molar-refractivity contribution in [3.8, 4) is 11.1 Å². The summed E-state index contributed by atoms with van der Waals surface area (Å²) in [6.07, 6.45) is 0. The first-order chi connectivity index (χ1) is 14.4. The van der Waals surface area contributed by atoms with Crippen LogP contribution in [0.2, 0.25) is 0 Å². The maximum atomic E-state index is 3.63. The van der Waals surface area contributed by atoms with Crippen molar-refractivity contribution in [1.82, 2.24) is 0 Å². The lowest BCUT2D eigenvalue weighted by atomic mass is 9.73. The van der Waals surface area contributed by atoms with Crippen molar-refractivity contribution in [2.45, 2.75) is 19.3 Å². The molecule has 4 aromatic carbocycles. The highest BCUT2D eigenvalue weighted by atomic mass is 79.9. The summed E-state index contributed by atoms with van der Waals surface area (Å²) in [6.45, 7) is 4.65. The van der Waals surface area contributed by atoms with Gasteiger partial charge in [-0.15, -0.1) is 0 Å². The van der Waals surface area contributed by atoms with Gasteiger partial charge in [0, 0.05) is 20.0 Å². The van der Waals surface area contributed by atoms with E-state index >= 15 is 0 Å². The van der Waals surface area contributed by atoms with Crippen LogP contribution in [-0.2, 0) is 5.41 Å². The van der Waals surface area contributed by atoms with Crippen molar-refractivity contribution in [2.24, 2.45) is 0 Å². The van der Waals surface area contributed by atoms with Gasteiger partial charge in [0.1, 0.15) is 0 Å². The van der Waals surface area contributed by atoms with Crippen molar-refractivity contribution in [2.75, 3.05) is 4.90 Å². The average Bonchev–Trinajstić information content (AvgIpc) is 2.74. The topological polar surface area (TPSA) is 3.24 Å². The second-order valence-corrected chi connectivity index (χ2v) is 10.0. The van der Waals surface area contributed by atoms with Crippen molar-refractivity contribution < 1.29 is 0 Å². The Labute approximate surface area is 194 Å². The van der Waals surface area contributed by atoms with Gasteiger partial charge in [0.2, 0.25) is 0 Å². The molecule has 5 rings (SSSR count). The van der Waals surface area contributed by atoms with E-state index < -0.39 is 0 Å². The molecule has 0 spiro atoms. The van der Waals surface area contributed by atoms with Crippen LogP contribution in [0, 0.1) is 0 Å². The first-order valence-corrected chi connectivity index (χ1v) is 11.6. The molecule has 0 saturated carbocycles. The Morgan fingerprint density at radius 3 is 1.97 bits per heavy atom. The minimum atomic E-state index is -0.101. The van der Waals surface area contributed by atoms with Gasteiger partial charge in [-0.1, -0.05) is 88.2 Å². The molecule has 0 aliphatic carbocycles. The summed E-state index contributed by atoms with van der Waals surface area (Å²) in [6, 6.07) is 32.7. The number of fused-ring (bicyclic) bond motifs is 2. The summed E-state index contributed by atoms with van der Waals surface area (Å²) in [5.41, 5.74) is 8.65. The monoisotopic (exact) mass is 517 g/mol. The molecule has 0 bridgehead atoms. The van der Waals surface area contributed by atoms with E-state index in [4.69, 9.17) is 0 Å². The molecule has 0 N–H and O–H groups in total. The van der Waals surface area contributed by atoms with Crippen LogP contribution in [0.25, 0.3) is 11.1 Å². The van der Waals surface area contributed by atoms with Gasteiger partial charge in [-0.3, -0.25) is 0 Å². The molecule has 30 heavy (non-hydrogen) atoms. The van der Waals surface area contributed by atoms with Crippen molar-refractivity contribution in [3.63, 3.8) is 0 Å². The second kappa shape index (κ2) is 7.40. The minimum absolute atomic E-state index is 0.101. The van der Waals surface area contributed by atoms with E-state index in [9.17, 15) is 0 Å². The van der Waals surface area contributed by atoms with E-state index in [0.29, 0.717) is 0 Å². The van der Waals surface area contributed by atoms with E-state index in [0.717, 1.165) is 8.95 Å². The molecule has 0 aromatic heterocycles. The maximum absolute atomic E-state index is 3.63. The summed E-state index contributed by atoms with van der Waals surface area (Å²) < 4.78 is 2.14. The smallest absolute Gasteiger partial charge is 0.0503 e. The molecule has 0 atom stereocenters. The largest absolute Gasteiger partial charge is 0.310 e. The minimum Gasteiger partial charge on any atom is -0.310 e. The van der Waals surface area contributed by atoms with Crippen LogP contribution in [0.4, 0.5) is 17.1 Å². The lowest BCUT2D eigenvalue weighted by Gasteiger charge is -2.42. The third-order valence-corrected chi connectivity index (χ3v) is 6.86. The number of rotatable bonds is 2. The molecule has 1 heterocycles. The second-order valence-electron chi connectivity index (χ2n) is 8.20. The fraction of sp³-hybridized carbons (Fsp3) is 0.111. The zero-order chi connectivity index (χ0) is 20.9. The number of hydrogen-bond acceptors (Lipinski definition) is 1. The molecular weight excluding hydrogens is 498 g/mol. The predicted octanol–water partition coefficient (Wildman–Crippen LogP) is 8.99. The third-order valence-electron chi connectivity index (χ3n) is 5.94. The standard InChI is InChI=1S/C27H21Br2N/c1-27(2)23-10-6-7-11-25(23)30(22-8-4-3-5-9-22)26-13-12-18(16-24(26)27)19-14-20(28)17-21(29)15-19/h3-17H,1-2H3. The lowest BCUT2D eigenvalue weighted by Crippen LogP contribution is -2.30. The Bertz CT molecular complexity index is 1220. The van der Waals surface area contributed by atoms with Gasteiger partial charge in [0.15, 0.2) is 0 Å². The van der Waals surface area contributed by atoms with E-state index in [1.807, 2.05) is 0 Å². The van der Waals surface area contributed by atoms with E-state index in [-0.39, 0.29) is 5.41 Å². The zero-order valence-corrected chi connectivity index (χ0v) is 20.0. The van der Waals surface area contributed by atoms with Crippen LogP contribution in [0.15, 0.2) is 99.9 Å². The average molecular weight is 519 g/mol. The molecule has 0 amide bonds. The number of benzene rings is 4. The van der Waals surface area contributed by atoms with Crippen molar-refractivity contribution in [1.29, 1.82) is 0 Å². The van der Waals surface area contributed by atoms with Crippen LogP contribution >= 0.6 is 31.9 Å². The van der Waals surface area contributed by atoms with E-state index in [2.05, 4.69) is 142 Å². The first kappa shape index (κ1) is 19.6. The first-order valence-electron chi connectivity index (χ1n) is 10.0. The normalized spacial score (nSPS) is 14.2. The molecule has 1 nitrogen and oxygen atoms in total. The van der Waals surface area contributed by atoms with E-state index in [1.165, 1.54) is 39.3 Å². The summed E-state index contributed by atoms with van der Waals surface area (Å²) in [5, 5.41) is 0. The van der Waals surface area contributed by atoms with Gasteiger partial charge >= 0.3 is 0 Å². The molecule has 3 heteroatoms. The fourth-order valence-corrected chi connectivity index (χ4v) is 5.75. The maximum Gasteiger partial charge on any atom is 0.0503 e. The van der Waals surface area contributed by atoms with Crippen LogP contribution in [0.3, 0.4) is 0 Å². The lowest BCUT2D eigenvalue weighted by molar-refractivity contribution is 0.632. The molecule has 0 saturated heterocycles. The number of hydrogen-bond donors (Lipinski definition) is 0. The molecule has 0 unspecified atom stereocenters. The SMILES string of the molecule is CC1(C)c2ccccc2N(c2ccccc2)c2ccc(-c3cc(Br)cc(Br)c3)cc21. The van der Waals surface area contributed by atoms with Crippen LogP contribution in [0.5, 0.6) is 0 Å². The van der Waals surface area contributed by atoms with Gasteiger partial charge in [-0.05, 0) is 70.8 Å². The Kier molecular flexibility index (Phi) is 4.83. The zero-order valence-electron chi connectivity index (χ0n) is 16.9. The molecule has 0 fully saturated rings. The molecule has 148 valence electrons. The van der Waals surface area contributed by atoms with E-state index in [1.54, 1.807) is 0 Å². The summed E-state index contributed by atoms with van der Waals surface area (Å²) >= 11 is 7.26. The molecule has 0 radical (unpaired) electrons. The van der Waals surface area contributed by atoms with Gasteiger partial charge in [-0.2, -0.15) is 0 Å². The number of para-hydroxylation sites is 2. The highest BCUT2D eigenvalue weighted by Gasteiger charge is 2.36. The van der Waals surface area contributed by atoms with Gasteiger partial charge in [-0.25, -0.2) is 0 Å². The molecule has 1 aliphatic heterocycles. The Hall–Kier alpha value is -2.36. The van der Waals surface area contributed by atoms with Crippen LogP contribution < -0.4 is 4.90 Å². The van der Waals surface area contributed by atoms with Crippen LogP contribution in [0.1, 0.15) is 25.0 Å². The molecule has 4 aromatic rings. The van der Waals surface area contributed by atoms with Gasteiger partial charge < -0.3 is 4.90 Å². The quantitative estimate of drug-likeness (QED) is 0.256. The molecular formula is C27H21Br2N. The number of halogens is 2. The highest BCUT2D eigenvalue weighted by molar-refractivity contribution is 9.11. The summed E-state index contributed by atoms with van der Waals surface area (Å²) in [7, 11) is 0. The highest BCUT2D eigenvalue weighted by Crippen LogP contribution is 2.52. The number of anilines is 3. The van der Waals surface area contributed by atoms with Crippen molar-refractivity contribution >= 4 is 48.9 Å². The van der Waals surface area contributed by atoms with Crippen molar-refractivity contribution in [3.05, 3.63) is 111 Å². The Morgan fingerprint density at radius 2 is 1.23 bits per heavy atom. The van der Waals surface area contributed by atoms with Gasteiger partial charge in [0.25, 0.3) is 0 Å². The number of nitrogens with zero attached hydrogens (tertiary/aromatic N) is 1. The summed E-state index contributed by atoms with van der Waals surface area (Å²) in [5.74, 6) is 0. The molecule has 1 aliphatic rings. The predicted molar refractivity (Wildman–Crippen MR) is 134 cm³/mol. The Balaban J connectivity index is 1.76. The van der Waals surface area contributed by atoms with Gasteiger partial charge in [0.05, 0.1) is 11.4 Å². The summed E-state index contributed by atoms with van der Waals surface area (Å²) in [4.78, 5) is 2.39. The Morgan fingerprint density at radius 1 is 0.600 bits per heavy atom.